The lowest BCUT2D eigenvalue weighted by Crippen LogP contribution is -2.13. The maximum Gasteiger partial charge on any atom is 0.208 e. The first-order chi connectivity index (χ1) is 8.31. The molecule has 0 aliphatic carbocycles. The molecule has 0 amide bonds. The summed E-state index contributed by atoms with van der Waals surface area (Å²) in [6.07, 6.45) is 2.91. The Hall–Kier alpha value is -0.880. The first kappa shape index (κ1) is 12.6. The molecule has 0 aliphatic rings. The van der Waals surface area contributed by atoms with Crippen molar-refractivity contribution in [3.63, 3.8) is 0 Å². The third kappa shape index (κ3) is 3.29. The second-order valence-electron chi connectivity index (χ2n) is 3.77. The zero-order valence-corrected chi connectivity index (χ0v) is 11.9. The number of nitrogens with zero attached hydrogens (tertiary/aromatic N) is 1. The van der Waals surface area contributed by atoms with Crippen LogP contribution in [-0.2, 0) is 6.54 Å². The van der Waals surface area contributed by atoms with Crippen molar-refractivity contribution in [2.45, 2.75) is 19.9 Å². The third-order valence-electron chi connectivity index (χ3n) is 2.40. The van der Waals surface area contributed by atoms with E-state index in [1.165, 1.54) is 3.57 Å². The van der Waals surface area contributed by atoms with E-state index in [2.05, 4.69) is 45.9 Å². The highest BCUT2D eigenvalue weighted by atomic mass is 127. The minimum absolute atomic E-state index is 0.692. The quantitative estimate of drug-likeness (QED) is 0.668. The van der Waals surface area contributed by atoms with E-state index in [9.17, 15) is 0 Å². The summed E-state index contributed by atoms with van der Waals surface area (Å²) in [6.45, 7) is 3.82. The van der Waals surface area contributed by atoms with Gasteiger partial charge in [-0.2, -0.15) is 0 Å². The van der Waals surface area contributed by atoms with Gasteiger partial charge in [-0.25, -0.2) is 4.98 Å². The summed E-state index contributed by atoms with van der Waals surface area (Å²) in [5.74, 6) is 1.58. The van der Waals surface area contributed by atoms with E-state index >= 15 is 0 Å². The summed E-state index contributed by atoms with van der Waals surface area (Å²) in [5, 5.41) is 3.27. The summed E-state index contributed by atoms with van der Waals surface area (Å²) in [5.41, 5.74) is 1.10. The lowest BCUT2D eigenvalue weighted by molar-refractivity contribution is 0.477. The molecule has 0 atom stereocenters. The van der Waals surface area contributed by atoms with E-state index in [4.69, 9.17) is 4.42 Å². The topological polar surface area (TPSA) is 38.1 Å². The fourth-order valence-corrected chi connectivity index (χ4v) is 2.20. The number of aromatic nitrogens is 1. The smallest absolute Gasteiger partial charge is 0.208 e. The Morgan fingerprint density at radius 3 is 2.94 bits per heavy atom. The van der Waals surface area contributed by atoms with E-state index in [-0.39, 0.29) is 0 Å². The van der Waals surface area contributed by atoms with Crippen molar-refractivity contribution in [2.75, 3.05) is 6.54 Å². The Morgan fingerprint density at radius 2 is 2.18 bits per heavy atom. The number of nitrogens with one attached hydrogen (secondary N) is 1. The highest BCUT2D eigenvalue weighted by Crippen LogP contribution is 2.25. The predicted octanol–water partition coefficient (Wildman–Crippen LogP) is 3.45. The highest BCUT2D eigenvalue weighted by Gasteiger charge is 2.08. The van der Waals surface area contributed by atoms with Gasteiger partial charge in [-0.05, 0) is 41.6 Å². The van der Waals surface area contributed by atoms with Gasteiger partial charge in [0.25, 0.3) is 0 Å². The Labute approximate surface area is 115 Å². The molecule has 2 rings (SSSR count). The Morgan fingerprint density at radius 1 is 1.35 bits per heavy atom. The van der Waals surface area contributed by atoms with Gasteiger partial charge in [-0.15, -0.1) is 0 Å². The van der Waals surface area contributed by atoms with Gasteiger partial charge in [0.1, 0.15) is 0 Å². The fraction of sp³-hybridized carbons (Fsp3) is 0.308. The largest absolute Gasteiger partial charge is 0.439 e. The first-order valence-electron chi connectivity index (χ1n) is 5.71. The van der Waals surface area contributed by atoms with E-state index in [1.807, 2.05) is 18.2 Å². The molecule has 4 heteroatoms. The molecule has 0 bridgehead atoms. The van der Waals surface area contributed by atoms with Crippen LogP contribution in [0.5, 0.6) is 0 Å². The maximum atomic E-state index is 5.72. The van der Waals surface area contributed by atoms with Gasteiger partial charge >= 0.3 is 0 Å². The lowest BCUT2D eigenvalue weighted by Gasteiger charge is -2.00. The second kappa shape index (κ2) is 6.16. The SMILES string of the molecule is CCCNCc1ncc(-c2ccccc2I)o1. The summed E-state index contributed by atoms with van der Waals surface area (Å²) in [6, 6.07) is 8.14. The van der Waals surface area contributed by atoms with Crippen LogP contribution >= 0.6 is 22.6 Å². The zero-order valence-electron chi connectivity index (χ0n) is 9.74. The number of benzene rings is 1. The van der Waals surface area contributed by atoms with Crippen molar-refractivity contribution < 1.29 is 4.42 Å². The van der Waals surface area contributed by atoms with Gasteiger partial charge < -0.3 is 9.73 Å². The van der Waals surface area contributed by atoms with Crippen molar-refractivity contribution in [2.24, 2.45) is 0 Å². The zero-order chi connectivity index (χ0) is 12.1. The van der Waals surface area contributed by atoms with Crippen LogP contribution < -0.4 is 5.32 Å². The number of oxazole rings is 1. The summed E-state index contributed by atoms with van der Waals surface area (Å²) in [7, 11) is 0. The molecular formula is C13H15IN2O. The molecule has 0 radical (unpaired) electrons. The third-order valence-corrected chi connectivity index (χ3v) is 3.34. The van der Waals surface area contributed by atoms with Gasteiger partial charge in [0, 0.05) is 9.13 Å². The normalized spacial score (nSPS) is 10.7. The molecule has 0 saturated carbocycles. The van der Waals surface area contributed by atoms with Crippen LogP contribution in [0.15, 0.2) is 34.9 Å². The summed E-state index contributed by atoms with van der Waals surface area (Å²) >= 11 is 2.30. The molecular weight excluding hydrogens is 327 g/mol. The molecule has 17 heavy (non-hydrogen) atoms. The van der Waals surface area contributed by atoms with Gasteiger partial charge in [-0.3, -0.25) is 0 Å². The maximum absolute atomic E-state index is 5.72. The van der Waals surface area contributed by atoms with Gasteiger partial charge in [0.2, 0.25) is 5.89 Å². The highest BCUT2D eigenvalue weighted by molar-refractivity contribution is 14.1. The summed E-state index contributed by atoms with van der Waals surface area (Å²) in [4.78, 5) is 4.27. The predicted molar refractivity (Wildman–Crippen MR) is 76.7 cm³/mol. The van der Waals surface area contributed by atoms with Crippen molar-refractivity contribution in [1.29, 1.82) is 0 Å². The monoisotopic (exact) mass is 342 g/mol. The van der Waals surface area contributed by atoms with Crippen molar-refractivity contribution in [3.8, 4) is 11.3 Å². The first-order valence-corrected chi connectivity index (χ1v) is 6.79. The minimum Gasteiger partial charge on any atom is -0.439 e. The number of rotatable bonds is 5. The van der Waals surface area contributed by atoms with E-state index < -0.39 is 0 Å². The van der Waals surface area contributed by atoms with Crippen molar-refractivity contribution in [1.82, 2.24) is 10.3 Å². The molecule has 0 unspecified atom stereocenters. The molecule has 0 saturated heterocycles. The van der Waals surface area contributed by atoms with Gasteiger partial charge in [0.15, 0.2) is 5.76 Å². The van der Waals surface area contributed by atoms with E-state index in [0.717, 1.165) is 30.2 Å². The Balaban J connectivity index is 2.10. The Bertz CT molecular complexity index is 482. The second-order valence-corrected chi connectivity index (χ2v) is 4.94. The van der Waals surface area contributed by atoms with Crippen LogP contribution in [0, 0.1) is 3.57 Å². The van der Waals surface area contributed by atoms with Crippen LogP contribution in [0.3, 0.4) is 0 Å². The fourth-order valence-electron chi connectivity index (χ4n) is 1.55. The molecule has 0 fully saturated rings. The summed E-state index contributed by atoms with van der Waals surface area (Å²) < 4.78 is 6.89. The molecule has 3 nitrogen and oxygen atoms in total. The standard InChI is InChI=1S/C13H15IN2O/c1-2-7-15-9-13-16-8-12(17-13)10-5-3-4-6-11(10)14/h3-6,8,15H,2,7,9H2,1H3. The van der Waals surface area contributed by atoms with Crippen LogP contribution in [0.2, 0.25) is 0 Å². The van der Waals surface area contributed by atoms with Crippen LogP contribution in [0.1, 0.15) is 19.2 Å². The average Bonchev–Trinajstić information content (AvgIpc) is 2.79. The lowest BCUT2D eigenvalue weighted by atomic mass is 10.2. The molecule has 1 aromatic heterocycles. The Kier molecular flexibility index (Phi) is 4.56. The van der Waals surface area contributed by atoms with Crippen LogP contribution in [0.4, 0.5) is 0 Å². The van der Waals surface area contributed by atoms with Crippen LogP contribution in [0.25, 0.3) is 11.3 Å². The van der Waals surface area contributed by atoms with E-state index in [0.29, 0.717) is 6.54 Å². The number of hydrogen-bond donors (Lipinski definition) is 1. The molecule has 2 aromatic rings. The number of halogens is 1. The molecule has 1 aromatic carbocycles. The molecule has 0 aliphatic heterocycles. The molecule has 90 valence electrons. The average molecular weight is 342 g/mol. The molecule has 1 N–H and O–H groups in total. The number of hydrogen-bond acceptors (Lipinski definition) is 3. The van der Waals surface area contributed by atoms with E-state index in [1.54, 1.807) is 6.20 Å². The molecule has 0 spiro atoms. The van der Waals surface area contributed by atoms with Crippen molar-refractivity contribution in [3.05, 3.63) is 39.9 Å². The van der Waals surface area contributed by atoms with Crippen LogP contribution in [-0.4, -0.2) is 11.5 Å². The molecule has 1 heterocycles. The minimum atomic E-state index is 0.692. The van der Waals surface area contributed by atoms with Crippen molar-refractivity contribution >= 4 is 22.6 Å². The van der Waals surface area contributed by atoms with Gasteiger partial charge in [-0.1, -0.05) is 25.1 Å². The van der Waals surface area contributed by atoms with Gasteiger partial charge in [0.05, 0.1) is 12.7 Å².